The van der Waals surface area contributed by atoms with Crippen molar-refractivity contribution in [1.82, 2.24) is 0 Å². The molecule has 2 N–H and O–H groups in total. The van der Waals surface area contributed by atoms with Gasteiger partial charge in [0.1, 0.15) is 6.10 Å². The van der Waals surface area contributed by atoms with Crippen molar-refractivity contribution in [3.05, 3.63) is 29.3 Å². The van der Waals surface area contributed by atoms with Crippen molar-refractivity contribution in [2.24, 2.45) is 0 Å². The third kappa shape index (κ3) is 4.35. The van der Waals surface area contributed by atoms with Crippen LogP contribution in [0.1, 0.15) is 22.8 Å². The van der Waals surface area contributed by atoms with E-state index in [1.165, 1.54) is 26.4 Å². The average molecular weight is 267 g/mol. The number of benzene rings is 1. The molecule has 0 heterocycles. The molecule has 0 aliphatic heterocycles. The molecular formula is C13H17NO5. The summed E-state index contributed by atoms with van der Waals surface area (Å²) in [5, 5.41) is 11.6. The molecule has 6 nitrogen and oxygen atoms in total. The zero-order chi connectivity index (χ0) is 14.4. The van der Waals surface area contributed by atoms with Gasteiger partial charge in [0, 0.05) is 19.9 Å². The summed E-state index contributed by atoms with van der Waals surface area (Å²) in [5.74, 6) is -1.40. The van der Waals surface area contributed by atoms with Gasteiger partial charge in [-0.3, -0.25) is 4.79 Å². The predicted octanol–water partition coefficient (Wildman–Crippen LogP) is 1.50. The monoisotopic (exact) mass is 267 g/mol. The quantitative estimate of drug-likeness (QED) is 0.816. The minimum atomic E-state index is -1.06. The lowest BCUT2D eigenvalue weighted by molar-refractivity contribution is -0.124. The van der Waals surface area contributed by atoms with Gasteiger partial charge in [0.25, 0.3) is 5.91 Å². The molecule has 0 unspecified atom stereocenters. The zero-order valence-electron chi connectivity index (χ0n) is 11.1. The molecule has 0 spiro atoms. The lowest BCUT2D eigenvalue weighted by Gasteiger charge is -2.12. The molecule has 0 radical (unpaired) electrons. The molecule has 0 bridgehead atoms. The van der Waals surface area contributed by atoms with E-state index in [2.05, 4.69) is 5.32 Å². The molecule has 0 saturated heterocycles. The lowest BCUT2D eigenvalue weighted by atomic mass is 10.1. The van der Waals surface area contributed by atoms with E-state index in [1.807, 2.05) is 0 Å². The third-order valence-electron chi connectivity index (χ3n) is 2.54. The highest BCUT2D eigenvalue weighted by molar-refractivity contribution is 5.96. The second kappa shape index (κ2) is 6.86. The van der Waals surface area contributed by atoms with Crippen LogP contribution in [-0.2, 0) is 20.9 Å². The number of rotatable bonds is 6. The first-order chi connectivity index (χ1) is 8.97. The van der Waals surface area contributed by atoms with E-state index in [0.29, 0.717) is 11.3 Å². The summed E-state index contributed by atoms with van der Waals surface area (Å²) in [6.45, 7) is 1.87. The van der Waals surface area contributed by atoms with Crippen LogP contribution >= 0.6 is 0 Å². The van der Waals surface area contributed by atoms with Gasteiger partial charge >= 0.3 is 5.97 Å². The number of hydrogen-bond donors (Lipinski definition) is 2. The first-order valence-electron chi connectivity index (χ1n) is 5.67. The first-order valence-corrected chi connectivity index (χ1v) is 5.67. The summed E-state index contributed by atoms with van der Waals surface area (Å²) in [4.78, 5) is 22.7. The van der Waals surface area contributed by atoms with E-state index in [9.17, 15) is 9.59 Å². The molecule has 0 saturated carbocycles. The van der Waals surface area contributed by atoms with E-state index in [0.717, 1.165) is 0 Å². The highest BCUT2D eigenvalue weighted by Gasteiger charge is 2.13. The van der Waals surface area contributed by atoms with Crippen LogP contribution in [-0.4, -0.2) is 37.3 Å². The summed E-state index contributed by atoms with van der Waals surface area (Å²) in [6.07, 6.45) is -0.612. The van der Waals surface area contributed by atoms with Gasteiger partial charge in [-0.1, -0.05) is 0 Å². The smallest absolute Gasteiger partial charge is 0.335 e. The maximum Gasteiger partial charge on any atom is 0.335 e. The highest BCUT2D eigenvalue weighted by Crippen LogP contribution is 2.16. The molecule has 0 aliphatic carbocycles. The minimum absolute atomic E-state index is 0.0925. The molecule has 6 heteroatoms. The molecule has 1 amide bonds. The predicted molar refractivity (Wildman–Crippen MR) is 69.2 cm³/mol. The van der Waals surface area contributed by atoms with Gasteiger partial charge in [0.2, 0.25) is 0 Å². The molecular weight excluding hydrogens is 250 g/mol. The van der Waals surface area contributed by atoms with Crippen LogP contribution < -0.4 is 5.32 Å². The molecule has 0 aliphatic rings. The van der Waals surface area contributed by atoms with Gasteiger partial charge in [0.15, 0.2) is 0 Å². The van der Waals surface area contributed by atoms with Crippen molar-refractivity contribution in [1.29, 1.82) is 0 Å². The van der Waals surface area contributed by atoms with Gasteiger partial charge in [0.05, 0.1) is 12.2 Å². The summed E-state index contributed by atoms with van der Waals surface area (Å²) in [7, 11) is 2.94. The van der Waals surface area contributed by atoms with Gasteiger partial charge < -0.3 is 19.9 Å². The summed E-state index contributed by atoms with van der Waals surface area (Å²) >= 11 is 0. The standard InChI is InChI=1S/C13H17NO5/c1-8(19-3)12(15)14-11-5-9(7-18-2)4-10(6-11)13(16)17/h4-6,8H,7H2,1-3H3,(H,14,15)(H,16,17)/t8-/m0/s1. The largest absolute Gasteiger partial charge is 0.478 e. The molecule has 1 aromatic rings. The van der Waals surface area contributed by atoms with E-state index >= 15 is 0 Å². The average Bonchev–Trinajstić information content (AvgIpc) is 2.37. The second-order valence-corrected chi connectivity index (χ2v) is 4.02. The Labute approximate surface area is 111 Å². The van der Waals surface area contributed by atoms with Crippen LogP contribution in [0.3, 0.4) is 0 Å². The molecule has 19 heavy (non-hydrogen) atoms. The number of anilines is 1. The molecule has 104 valence electrons. The van der Waals surface area contributed by atoms with E-state index in [4.69, 9.17) is 14.6 Å². The first kappa shape index (κ1) is 15.1. The molecule has 0 aromatic heterocycles. The molecule has 1 aromatic carbocycles. The number of ether oxygens (including phenoxy) is 2. The van der Waals surface area contributed by atoms with Crippen LogP contribution in [0.25, 0.3) is 0 Å². The SMILES string of the molecule is COCc1cc(NC(=O)[C@H](C)OC)cc(C(=O)O)c1. The fourth-order valence-electron chi connectivity index (χ4n) is 1.49. The Balaban J connectivity index is 2.99. The van der Waals surface area contributed by atoms with Crippen LogP contribution in [0.2, 0.25) is 0 Å². The maximum absolute atomic E-state index is 11.7. The van der Waals surface area contributed by atoms with Crippen molar-refractivity contribution in [2.75, 3.05) is 19.5 Å². The van der Waals surface area contributed by atoms with E-state index < -0.39 is 12.1 Å². The van der Waals surface area contributed by atoms with Crippen molar-refractivity contribution in [3.63, 3.8) is 0 Å². The van der Waals surface area contributed by atoms with E-state index in [-0.39, 0.29) is 18.1 Å². The number of carboxylic acids is 1. The Morgan fingerprint density at radius 2 is 2.00 bits per heavy atom. The number of carbonyl (C=O) groups is 2. The van der Waals surface area contributed by atoms with Gasteiger partial charge in [-0.05, 0) is 30.7 Å². The highest BCUT2D eigenvalue weighted by atomic mass is 16.5. The van der Waals surface area contributed by atoms with Crippen molar-refractivity contribution >= 4 is 17.6 Å². The van der Waals surface area contributed by atoms with Crippen molar-refractivity contribution in [2.45, 2.75) is 19.6 Å². The number of carboxylic acid groups (broad SMARTS) is 1. The van der Waals surface area contributed by atoms with Gasteiger partial charge in [-0.2, -0.15) is 0 Å². The zero-order valence-corrected chi connectivity index (χ0v) is 11.1. The number of methoxy groups -OCH3 is 2. The second-order valence-electron chi connectivity index (χ2n) is 4.02. The Morgan fingerprint density at radius 3 is 2.53 bits per heavy atom. The molecule has 1 atom stereocenters. The maximum atomic E-state index is 11.7. The van der Waals surface area contributed by atoms with E-state index in [1.54, 1.807) is 13.0 Å². The van der Waals surface area contributed by atoms with Crippen LogP contribution in [0.4, 0.5) is 5.69 Å². The Hall–Kier alpha value is -1.92. The minimum Gasteiger partial charge on any atom is -0.478 e. The number of aromatic carboxylic acids is 1. The summed E-state index contributed by atoms with van der Waals surface area (Å²) < 4.78 is 9.85. The third-order valence-corrected chi connectivity index (χ3v) is 2.54. The topological polar surface area (TPSA) is 84.9 Å². The molecule has 0 fully saturated rings. The van der Waals surface area contributed by atoms with Crippen LogP contribution in [0.5, 0.6) is 0 Å². The Kier molecular flexibility index (Phi) is 5.47. The van der Waals surface area contributed by atoms with Crippen molar-refractivity contribution < 1.29 is 24.2 Å². The molecule has 1 rings (SSSR count). The van der Waals surface area contributed by atoms with Gasteiger partial charge in [-0.25, -0.2) is 4.79 Å². The Bertz CT molecular complexity index is 472. The number of nitrogens with one attached hydrogen (secondary N) is 1. The summed E-state index contributed by atoms with van der Waals surface area (Å²) in [6, 6.07) is 4.55. The van der Waals surface area contributed by atoms with Gasteiger partial charge in [-0.15, -0.1) is 0 Å². The fourth-order valence-corrected chi connectivity index (χ4v) is 1.49. The lowest BCUT2D eigenvalue weighted by Crippen LogP contribution is -2.26. The number of carbonyl (C=O) groups excluding carboxylic acids is 1. The number of amides is 1. The summed E-state index contributed by atoms with van der Waals surface area (Å²) in [5.41, 5.74) is 1.17. The van der Waals surface area contributed by atoms with Crippen LogP contribution in [0, 0.1) is 0 Å². The van der Waals surface area contributed by atoms with Crippen molar-refractivity contribution in [3.8, 4) is 0 Å². The number of hydrogen-bond acceptors (Lipinski definition) is 4. The fraction of sp³-hybridized carbons (Fsp3) is 0.385. The Morgan fingerprint density at radius 1 is 1.32 bits per heavy atom. The van der Waals surface area contributed by atoms with Crippen LogP contribution in [0.15, 0.2) is 18.2 Å². The normalized spacial score (nSPS) is 11.9.